The minimum Gasteiger partial charge on any atom is -0.363 e. The summed E-state index contributed by atoms with van der Waals surface area (Å²) in [5.74, 6) is -0.342. The summed E-state index contributed by atoms with van der Waals surface area (Å²) in [4.78, 5) is 16.7. The molecule has 4 rings (SSSR count). The molecule has 1 unspecified atom stereocenters. The van der Waals surface area contributed by atoms with Gasteiger partial charge in [0.15, 0.2) is 0 Å². The molecule has 0 N–H and O–H groups in total. The van der Waals surface area contributed by atoms with E-state index in [9.17, 15) is 9.18 Å². The molecular weight excluding hydrogens is 355 g/mol. The lowest BCUT2D eigenvalue weighted by molar-refractivity contribution is -0.140. The fourth-order valence-corrected chi connectivity index (χ4v) is 4.25. The maximum absolute atomic E-state index is 13.3. The molecule has 28 heavy (non-hydrogen) atoms. The maximum Gasteiger partial charge on any atom is 0.253 e. The van der Waals surface area contributed by atoms with Crippen LogP contribution in [0, 0.1) is 5.82 Å². The molecule has 2 aromatic carbocycles. The van der Waals surface area contributed by atoms with Gasteiger partial charge in [-0.25, -0.2) is 4.39 Å². The second-order valence-electron chi connectivity index (χ2n) is 7.86. The molecule has 2 saturated heterocycles. The molecule has 5 heteroatoms. The zero-order valence-corrected chi connectivity index (χ0v) is 16.1. The van der Waals surface area contributed by atoms with E-state index in [1.807, 2.05) is 6.07 Å². The summed E-state index contributed by atoms with van der Waals surface area (Å²) in [6.45, 7) is 3.72. The van der Waals surface area contributed by atoms with Crippen molar-refractivity contribution in [2.45, 2.75) is 31.3 Å². The normalized spacial score (nSPS) is 23.8. The predicted octanol–water partition coefficient (Wildman–Crippen LogP) is 3.66. The summed E-state index contributed by atoms with van der Waals surface area (Å²) in [5, 5.41) is 0. The third-order valence-corrected chi connectivity index (χ3v) is 5.94. The molecule has 0 bridgehead atoms. The quantitative estimate of drug-likeness (QED) is 0.809. The summed E-state index contributed by atoms with van der Waals surface area (Å²) in [5.41, 5.74) is 1.81. The molecule has 2 aromatic rings. The minimum atomic E-state index is -0.302. The number of morpholine rings is 1. The van der Waals surface area contributed by atoms with Crippen LogP contribution in [0.4, 0.5) is 10.1 Å². The standard InChI is InChI=1S/C23H27FN2O2/c24-20-7-9-21(10-8-20)26-18-23(28-17-22(26)27)12-4-14-25(16-13-23)15-11-19-5-2-1-3-6-19/h1-3,5-10H,4,11-18H2. The van der Waals surface area contributed by atoms with Gasteiger partial charge in [0.1, 0.15) is 12.4 Å². The van der Waals surface area contributed by atoms with Gasteiger partial charge < -0.3 is 14.5 Å². The van der Waals surface area contributed by atoms with Crippen LogP contribution in [0.3, 0.4) is 0 Å². The van der Waals surface area contributed by atoms with Crippen molar-refractivity contribution in [3.8, 4) is 0 Å². The number of likely N-dealkylation sites (tertiary alicyclic amines) is 1. The molecule has 2 fully saturated rings. The van der Waals surface area contributed by atoms with Gasteiger partial charge in [-0.3, -0.25) is 4.79 Å². The predicted molar refractivity (Wildman–Crippen MR) is 108 cm³/mol. The monoisotopic (exact) mass is 382 g/mol. The third kappa shape index (κ3) is 4.42. The Morgan fingerprint density at radius 3 is 2.57 bits per heavy atom. The molecule has 1 spiro atoms. The van der Waals surface area contributed by atoms with E-state index in [1.165, 1.54) is 17.7 Å². The van der Waals surface area contributed by atoms with Crippen LogP contribution in [0.25, 0.3) is 0 Å². The Labute approximate surface area is 165 Å². The molecule has 1 atom stereocenters. The van der Waals surface area contributed by atoms with Gasteiger partial charge in [-0.1, -0.05) is 30.3 Å². The first-order valence-electron chi connectivity index (χ1n) is 10.1. The first kappa shape index (κ1) is 19.1. The third-order valence-electron chi connectivity index (χ3n) is 5.94. The molecule has 1 amide bonds. The van der Waals surface area contributed by atoms with Gasteiger partial charge in [0.2, 0.25) is 0 Å². The molecule has 0 aliphatic carbocycles. The molecule has 2 aliphatic heterocycles. The topological polar surface area (TPSA) is 32.8 Å². The first-order chi connectivity index (χ1) is 13.6. The SMILES string of the molecule is O=C1COC2(CCCN(CCc3ccccc3)CC2)CN1c1ccc(F)cc1. The van der Waals surface area contributed by atoms with Crippen LogP contribution in [0.15, 0.2) is 54.6 Å². The largest absolute Gasteiger partial charge is 0.363 e. The molecule has 0 aromatic heterocycles. The van der Waals surface area contributed by atoms with Crippen molar-refractivity contribution in [3.63, 3.8) is 0 Å². The van der Waals surface area contributed by atoms with E-state index < -0.39 is 0 Å². The van der Waals surface area contributed by atoms with E-state index in [1.54, 1.807) is 17.0 Å². The highest BCUT2D eigenvalue weighted by Crippen LogP contribution is 2.33. The van der Waals surface area contributed by atoms with Gasteiger partial charge in [-0.05, 0) is 62.1 Å². The number of benzene rings is 2. The van der Waals surface area contributed by atoms with Gasteiger partial charge in [0.05, 0.1) is 12.1 Å². The number of carbonyl (C=O) groups is 1. The van der Waals surface area contributed by atoms with E-state index >= 15 is 0 Å². The summed E-state index contributed by atoms with van der Waals surface area (Å²) in [7, 11) is 0. The zero-order valence-electron chi connectivity index (χ0n) is 16.1. The Morgan fingerprint density at radius 1 is 1.00 bits per heavy atom. The van der Waals surface area contributed by atoms with Crippen molar-refractivity contribution < 1.29 is 13.9 Å². The van der Waals surface area contributed by atoms with Crippen LogP contribution in [0.5, 0.6) is 0 Å². The van der Waals surface area contributed by atoms with E-state index in [-0.39, 0.29) is 23.9 Å². The average Bonchev–Trinajstić information content (AvgIpc) is 2.92. The van der Waals surface area contributed by atoms with Crippen molar-refractivity contribution in [2.75, 3.05) is 37.7 Å². The number of hydrogen-bond acceptors (Lipinski definition) is 3. The van der Waals surface area contributed by atoms with Crippen LogP contribution in [0.2, 0.25) is 0 Å². The Hall–Kier alpha value is -2.24. The van der Waals surface area contributed by atoms with Crippen LogP contribution in [-0.2, 0) is 16.0 Å². The number of ether oxygens (including phenoxy) is 1. The lowest BCUT2D eigenvalue weighted by Crippen LogP contribution is -2.55. The number of rotatable bonds is 4. The Kier molecular flexibility index (Phi) is 5.74. The zero-order chi connectivity index (χ0) is 19.4. The van der Waals surface area contributed by atoms with Gasteiger partial charge in [-0.2, -0.15) is 0 Å². The second-order valence-corrected chi connectivity index (χ2v) is 7.86. The molecular formula is C23H27FN2O2. The summed E-state index contributed by atoms with van der Waals surface area (Å²) in [6.07, 6.45) is 3.96. The van der Waals surface area contributed by atoms with Crippen LogP contribution in [0.1, 0.15) is 24.8 Å². The summed E-state index contributed by atoms with van der Waals surface area (Å²) >= 11 is 0. The Bertz CT molecular complexity index is 796. The van der Waals surface area contributed by atoms with Crippen LogP contribution >= 0.6 is 0 Å². The fraction of sp³-hybridized carbons (Fsp3) is 0.435. The number of carbonyl (C=O) groups excluding carboxylic acids is 1. The molecule has 148 valence electrons. The van der Waals surface area contributed by atoms with Crippen molar-refractivity contribution >= 4 is 11.6 Å². The highest BCUT2D eigenvalue weighted by molar-refractivity contribution is 5.95. The number of amides is 1. The van der Waals surface area contributed by atoms with E-state index in [0.717, 1.165) is 51.0 Å². The molecule has 2 heterocycles. The molecule has 0 saturated carbocycles. The molecule has 2 aliphatic rings. The smallest absolute Gasteiger partial charge is 0.253 e. The van der Waals surface area contributed by atoms with E-state index in [0.29, 0.717) is 6.54 Å². The van der Waals surface area contributed by atoms with E-state index in [4.69, 9.17) is 4.74 Å². The van der Waals surface area contributed by atoms with Crippen molar-refractivity contribution in [1.29, 1.82) is 0 Å². The number of anilines is 1. The Morgan fingerprint density at radius 2 is 1.79 bits per heavy atom. The van der Waals surface area contributed by atoms with Gasteiger partial charge in [0.25, 0.3) is 5.91 Å². The van der Waals surface area contributed by atoms with Crippen molar-refractivity contribution in [1.82, 2.24) is 4.90 Å². The van der Waals surface area contributed by atoms with Crippen LogP contribution in [-0.4, -0.2) is 49.2 Å². The van der Waals surface area contributed by atoms with Gasteiger partial charge in [-0.15, -0.1) is 0 Å². The van der Waals surface area contributed by atoms with Gasteiger partial charge >= 0.3 is 0 Å². The molecule has 0 radical (unpaired) electrons. The average molecular weight is 382 g/mol. The second kappa shape index (κ2) is 8.41. The minimum absolute atomic E-state index is 0.0533. The lowest BCUT2D eigenvalue weighted by Gasteiger charge is -2.42. The summed E-state index contributed by atoms with van der Waals surface area (Å²) < 4.78 is 19.4. The lowest BCUT2D eigenvalue weighted by atomic mass is 9.92. The number of halogens is 1. The van der Waals surface area contributed by atoms with Gasteiger partial charge in [0, 0.05) is 18.8 Å². The first-order valence-corrected chi connectivity index (χ1v) is 10.1. The van der Waals surface area contributed by atoms with Crippen molar-refractivity contribution in [2.24, 2.45) is 0 Å². The highest BCUT2D eigenvalue weighted by atomic mass is 19.1. The summed E-state index contributed by atoms with van der Waals surface area (Å²) in [6, 6.07) is 16.7. The number of nitrogens with zero attached hydrogens (tertiary/aromatic N) is 2. The maximum atomic E-state index is 13.3. The Balaban J connectivity index is 1.39. The van der Waals surface area contributed by atoms with Crippen LogP contribution < -0.4 is 4.90 Å². The molecule has 4 nitrogen and oxygen atoms in total. The number of hydrogen-bond donors (Lipinski definition) is 0. The van der Waals surface area contributed by atoms with E-state index in [2.05, 4.69) is 29.2 Å². The van der Waals surface area contributed by atoms with Crippen molar-refractivity contribution in [3.05, 3.63) is 66.0 Å². The fourth-order valence-electron chi connectivity index (χ4n) is 4.25. The highest BCUT2D eigenvalue weighted by Gasteiger charge is 2.41.